The molecule has 0 spiro atoms. The smallest absolute Gasteiger partial charge is 0.258 e. The number of aromatic nitrogens is 2. The number of hydrogen-bond donors (Lipinski definition) is 1. The van der Waals surface area contributed by atoms with Crippen LogP contribution in [0.5, 0.6) is 5.75 Å². The van der Waals surface area contributed by atoms with Gasteiger partial charge in [0.25, 0.3) is 11.5 Å². The number of fused-ring (bicyclic) bond motifs is 1. The van der Waals surface area contributed by atoms with E-state index in [4.69, 9.17) is 37.7 Å². The van der Waals surface area contributed by atoms with E-state index < -0.39 is 0 Å². The number of hydrogen-bond acceptors (Lipinski definition) is 6. The summed E-state index contributed by atoms with van der Waals surface area (Å²) in [5.41, 5.74) is 2.72. The van der Waals surface area contributed by atoms with Gasteiger partial charge in [-0.1, -0.05) is 35.3 Å². The van der Waals surface area contributed by atoms with E-state index in [1.165, 1.54) is 0 Å². The van der Waals surface area contributed by atoms with E-state index in [0.717, 1.165) is 24.2 Å². The number of halogens is 2. The summed E-state index contributed by atoms with van der Waals surface area (Å²) in [4.78, 5) is 33.5. The molecule has 3 aromatic rings. The van der Waals surface area contributed by atoms with Crippen molar-refractivity contribution in [2.45, 2.75) is 38.4 Å². The summed E-state index contributed by atoms with van der Waals surface area (Å²) in [5, 5.41) is 4.10. The first-order valence-electron chi connectivity index (χ1n) is 12.3. The molecule has 1 saturated heterocycles. The summed E-state index contributed by atoms with van der Waals surface area (Å²) in [5.74, 6) is 1.11. The van der Waals surface area contributed by atoms with E-state index in [1.807, 2.05) is 24.3 Å². The van der Waals surface area contributed by atoms with Gasteiger partial charge in [-0.3, -0.25) is 14.2 Å². The molecule has 0 saturated carbocycles. The van der Waals surface area contributed by atoms with Crippen molar-refractivity contribution in [1.29, 1.82) is 0 Å². The highest BCUT2D eigenvalue weighted by atomic mass is 35.5. The van der Waals surface area contributed by atoms with Crippen molar-refractivity contribution in [2.75, 3.05) is 32.2 Å². The average molecular weight is 543 g/mol. The SMILES string of the molecule is COc1ccc(CNc2nc3c(c(=O)n2C2CCOCC2)CCN(C(=O)c2ccc(Cl)c(Cl)c2)C3)cc1. The Balaban J connectivity index is 1.44. The monoisotopic (exact) mass is 542 g/mol. The molecule has 1 aromatic heterocycles. The van der Waals surface area contributed by atoms with E-state index in [-0.39, 0.29) is 24.1 Å². The number of amides is 1. The van der Waals surface area contributed by atoms with Crippen molar-refractivity contribution in [2.24, 2.45) is 0 Å². The summed E-state index contributed by atoms with van der Waals surface area (Å²) in [6.07, 6.45) is 1.94. The van der Waals surface area contributed by atoms with Crippen LogP contribution in [0.1, 0.15) is 46.1 Å². The molecule has 37 heavy (non-hydrogen) atoms. The van der Waals surface area contributed by atoms with Crippen LogP contribution in [0.4, 0.5) is 5.95 Å². The van der Waals surface area contributed by atoms with E-state index in [1.54, 1.807) is 34.8 Å². The first-order chi connectivity index (χ1) is 17.9. The minimum Gasteiger partial charge on any atom is -0.497 e. The van der Waals surface area contributed by atoms with Crippen LogP contribution < -0.4 is 15.6 Å². The van der Waals surface area contributed by atoms with Gasteiger partial charge in [-0.25, -0.2) is 4.98 Å². The minimum atomic E-state index is -0.174. The lowest BCUT2D eigenvalue weighted by Gasteiger charge is -2.31. The Morgan fingerprint density at radius 2 is 1.89 bits per heavy atom. The summed E-state index contributed by atoms with van der Waals surface area (Å²) >= 11 is 12.1. The molecule has 2 aromatic carbocycles. The second-order valence-corrected chi connectivity index (χ2v) is 10.0. The highest BCUT2D eigenvalue weighted by molar-refractivity contribution is 6.42. The molecule has 2 aliphatic rings. The van der Waals surface area contributed by atoms with Crippen molar-refractivity contribution in [3.05, 3.63) is 85.2 Å². The lowest BCUT2D eigenvalue weighted by atomic mass is 10.0. The van der Waals surface area contributed by atoms with Crippen LogP contribution in [0.3, 0.4) is 0 Å². The van der Waals surface area contributed by atoms with Gasteiger partial charge in [-0.15, -0.1) is 0 Å². The van der Waals surface area contributed by atoms with Crippen molar-refractivity contribution >= 4 is 35.1 Å². The summed E-state index contributed by atoms with van der Waals surface area (Å²) in [6.45, 7) is 2.38. The second-order valence-electron chi connectivity index (χ2n) is 9.19. The maximum Gasteiger partial charge on any atom is 0.258 e. The van der Waals surface area contributed by atoms with E-state index in [9.17, 15) is 9.59 Å². The number of benzene rings is 2. The maximum atomic E-state index is 13.7. The molecule has 1 N–H and O–H groups in total. The fraction of sp³-hybridized carbons (Fsp3) is 0.370. The molecule has 0 radical (unpaired) electrons. The van der Waals surface area contributed by atoms with Crippen molar-refractivity contribution in [3.63, 3.8) is 0 Å². The van der Waals surface area contributed by atoms with Crippen LogP contribution in [-0.2, 0) is 24.2 Å². The van der Waals surface area contributed by atoms with E-state index in [2.05, 4.69) is 5.32 Å². The number of nitrogens with zero attached hydrogens (tertiary/aromatic N) is 3. The van der Waals surface area contributed by atoms with Gasteiger partial charge in [0.2, 0.25) is 5.95 Å². The number of carbonyl (C=O) groups is 1. The Bertz CT molecular complexity index is 1350. The highest BCUT2D eigenvalue weighted by Crippen LogP contribution is 2.27. The third-order valence-corrected chi connectivity index (χ3v) is 7.63. The first-order valence-corrected chi connectivity index (χ1v) is 13.0. The van der Waals surface area contributed by atoms with E-state index >= 15 is 0 Å². The molecule has 1 fully saturated rings. The van der Waals surface area contributed by atoms with Gasteiger partial charge >= 0.3 is 0 Å². The van der Waals surface area contributed by atoms with Gasteiger partial charge in [0.1, 0.15) is 5.75 Å². The zero-order valence-electron chi connectivity index (χ0n) is 20.5. The number of anilines is 1. The maximum absolute atomic E-state index is 13.7. The molecular formula is C27H28Cl2N4O4. The van der Waals surface area contributed by atoms with Gasteiger partial charge < -0.3 is 19.7 Å². The fourth-order valence-corrected chi connectivity index (χ4v) is 5.12. The molecule has 0 aliphatic carbocycles. The number of ether oxygens (including phenoxy) is 2. The zero-order chi connectivity index (χ0) is 25.9. The molecule has 5 rings (SSSR count). The Morgan fingerprint density at radius 3 is 2.59 bits per heavy atom. The van der Waals surface area contributed by atoms with Gasteiger partial charge in [0.15, 0.2) is 0 Å². The first kappa shape index (κ1) is 25.6. The lowest BCUT2D eigenvalue weighted by Crippen LogP contribution is -2.42. The molecule has 3 heterocycles. The molecule has 0 bridgehead atoms. The third kappa shape index (κ3) is 5.46. The van der Waals surface area contributed by atoms with Crippen molar-refractivity contribution in [3.8, 4) is 5.75 Å². The van der Waals surface area contributed by atoms with Crippen LogP contribution in [0.15, 0.2) is 47.3 Å². The Labute approximate surface area is 225 Å². The van der Waals surface area contributed by atoms with Crippen molar-refractivity contribution in [1.82, 2.24) is 14.5 Å². The molecule has 0 unspecified atom stereocenters. The Hall–Kier alpha value is -3.07. The summed E-state index contributed by atoms with van der Waals surface area (Å²) < 4.78 is 12.6. The van der Waals surface area contributed by atoms with Crippen LogP contribution in [0.2, 0.25) is 10.0 Å². The predicted octanol–water partition coefficient (Wildman–Crippen LogP) is 4.72. The average Bonchev–Trinajstić information content (AvgIpc) is 2.93. The van der Waals surface area contributed by atoms with Gasteiger partial charge in [0, 0.05) is 43.5 Å². The topological polar surface area (TPSA) is 85.7 Å². The molecule has 1 amide bonds. The van der Waals surface area contributed by atoms with Crippen LogP contribution in [-0.4, -0.2) is 47.2 Å². The van der Waals surface area contributed by atoms with Crippen molar-refractivity contribution < 1.29 is 14.3 Å². The number of methoxy groups -OCH3 is 1. The predicted molar refractivity (Wildman–Crippen MR) is 143 cm³/mol. The molecule has 10 heteroatoms. The summed E-state index contributed by atoms with van der Waals surface area (Å²) in [7, 11) is 1.63. The molecule has 2 aliphatic heterocycles. The third-order valence-electron chi connectivity index (χ3n) is 6.89. The lowest BCUT2D eigenvalue weighted by molar-refractivity contribution is 0.0680. The minimum absolute atomic E-state index is 0.00767. The van der Waals surface area contributed by atoms with Gasteiger partial charge in [-0.05, 0) is 55.2 Å². The Morgan fingerprint density at radius 1 is 1.14 bits per heavy atom. The van der Waals surface area contributed by atoms with Crippen LogP contribution >= 0.6 is 23.2 Å². The molecular weight excluding hydrogens is 515 g/mol. The molecule has 0 atom stereocenters. The molecule has 8 nitrogen and oxygen atoms in total. The number of carbonyl (C=O) groups excluding carboxylic acids is 1. The standard InChI is InChI=1S/C27H28Cl2N4O4/c1-36-20-5-2-17(3-6-20)15-30-27-31-24-16-32(25(34)18-4-7-22(28)23(29)14-18)11-8-21(24)26(35)33(27)19-9-12-37-13-10-19/h2-7,14,19H,8-13,15-16H2,1H3,(H,30,31). The quantitative estimate of drug-likeness (QED) is 0.485. The normalized spacial score (nSPS) is 15.8. The zero-order valence-corrected chi connectivity index (χ0v) is 22.0. The van der Waals surface area contributed by atoms with Crippen LogP contribution in [0, 0.1) is 0 Å². The Kier molecular flexibility index (Phi) is 7.69. The summed E-state index contributed by atoms with van der Waals surface area (Å²) in [6, 6.07) is 12.6. The largest absolute Gasteiger partial charge is 0.497 e. The number of nitrogens with one attached hydrogen (secondary N) is 1. The van der Waals surface area contributed by atoms with E-state index in [0.29, 0.717) is 65.5 Å². The highest BCUT2D eigenvalue weighted by Gasteiger charge is 2.29. The van der Waals surface area contributed by atoms with Gasteiger partial charge in [0.05, 0.1) is 29.4 Å². The van der Waals surface area contributed by atoms with Gasteiger partial charge in [-0.2, -0.15) is 0 Å². The number of rotatable bonds is 6. The fourth-order valence-electron chi connectivity index (χ4n) is 4.82. The van der Waals surface area contributed by atoms with Crippen LogP contribution in [0.25, 0.3) is 0 Å². The molecule has 194 valence electrons. The second kappa shape index (κ2) is 11.1.